The number of carbonyl (C=O) groups is 1. The fourth-order valence-electron chi connectivity index (χ4n) is 3.77. The van der Waals surface area contributed by atoms with Crippen LogP contribution in [0.1, 0.15) is 30.5 Å². The van der Waals surface area contributed by atoms with Crippen LogP contribution in [0.4, 0.5) is 0 Å². The molecule has 2 heterocycles. The van der Waals surface area contributed by atoms with Gasteiger partial charge in [-0.25, -0.2) is 9.79 Å². The van der Waals surface area contributed by atoms with Crippen LogP contribution in [0.5, 0.6) is 5.75 Å². The number of fused-ring (bicyclic) bond motifs is 1. The summed E-state index contributed by atoms with van der Waals surface area (Å²) in [6.07, 6.45) is 2.33. The molecule has 8 heteroatoms. The number of esters is 1. The number of hydrogen-bond donors (Lipinski definition) is 0. The molecule has 164 valence electrons. The SMILES string of the molecule is CCC1=C(C(=O)OC)[C@@H](c2ccccc2)n2c(s/c(=C/c3cc(Br)ccc3OC)c2=O)=N1. The smallest absolute Gasteiger partial charge is 0.338 e. The maximum absolute atomic E-state index is 13.6. The first-order valence-corrected chi connectivity index (χ1v) is 11.6. The molecular formula is C24H21BrN2O4S. The van der Waals surface area contributed by atoms with Crippen LogP contribution in [0.2, 0.25) is 0 Å². The van der Waals surface area contributed by atoms with E-state index in [0.29, 0.717) is 32.8 Å². The van der Waals surface area contributed by atoms with Crippen molar-refractivity contribution in [3.8, 4) is 5.75 Å². The lowest BCUT2D eigenvalue weighted by atomic mass is 9.95. The molecule has 1 aromatic heterocycles. The van der Waals surface area contributed by atoms with E-state index < -0.39 is 12.0 Å². The van der Waals surface area contributed by atoms with Crippen molar-refractivity contribution in [2.45, 2.75) is 19.4 Å². The third-order valence-electron chi connectivity index (χ3n) is 5.24. The van der Waals surface area contributed by atoms with Gasteiger partial charge in [0, 0.05) is 10.0 Å². The number of halogens is 1. The maximum atomic E-state index is 13.6. The van der Waals surface area contributed by atoms with Gasteiger partial charge in [-0.1, -0.05) is 64.5 Å². The Bertz CT molecular complexity index is 1390. The second-order valence-corrected chi connectivity index (χ2v) is 9.01. The molecule has 0 radical (unpaired) electrons. The largest absolute Gasteiger partial charge is 0.496 e. The zero-order valence-corrected chi connectivity index (χ0v) is 20.2. The predicted molar refractivity (Wildman–Crippen MR) is 128 cm³/mol. The zero-order chi connectivity index (χ0) is 22.8. The maximum Gasteiger partial charge on any atom is 0.338 e. The number of rotatable bonds is 5. The van der Waals surface area contributed by atoms with Crippen LogP contribution in [0.15, 0.2) is 74.1 Å². The van der Waals surface area contributed by atoms with Crippen LogP contribution in [0.3, 0.4) is 0 Å². The molecule has 0 bridgehead atoms. The molecule has 0 amide bonds. The average Bonchev–Trinajstić information content (AvgIpc) is 3.12. The van der Waals surface area contributed by atoms with Gasteiger partial charge in [-0.2, -0.15) is 0 Å². The van der Waals surface area contributed by atoms with E-state index in [1.54, 1.807) is 17.8 Å². The van der Waals surface area contributed by atoms with Crippen molar-refractivity contribution in [3.63, 3.8) is 0 Å². The summed E-state index contributed by atoms with van der Waals surface area (Å²) in [5, 5.41) is 0. The van der Waals surface area contributed by atoms with E-state index in [-0.39, 0.29) is 5.56 Å². The Labute approximate surface area is 197 Å². The normalized spacial score (nSPS) is 15.9. The molecule has 0 aliphatic carbocycles. The second kappa shape index (κ2) is 9.26. The Kier molecular flexibility index (Phi) is 6.43. The van der Waals surface area contributed by atoms with Crippen LogP contribution in [-0.4, -0.2) is 24.8 Å². The van der Waals surface area contributed by atoms with E-state index >= 15 is 0 Å². The molecule has 0 unspecified atom stereocenters. The Morgan fingerprint density at radius 2 is 1.97 bits per heavy atom. The van der Waals surface area contributed by atoms with Gasteiger partial charge < -0.3 is 9.47 Å². The number of hydrogen-bond acceptors (Lipinski definition) is 6. The number of aromatic nitrogens is 1. The number of nitrogens with zero attached hydrogens (tertiary/aromatic N) is 2. The lowest BCUT2D eigenvalue weighted by Crippen LogP contribution is -2.40. The first-order chi connectivity index (χ1) is 15.5. The number of thiazole rings is 1. The summed E-state index contributed by atoms with van der Waals surface area (Å²) in [5.41, 5.74) is 2.38. The highest BCUT2D eigenvalue weighted by molar-refractivity contribution is 9.10. The van der Waals surface area contributed by atoms with E-state index in [2.05, 4.69) is 20.9 Å². The molecule has 0 N–H and O–H groups in total. The van der Waals surface area contributed by atoms with Gasteiger partial charge in [0.15, 0.2) is 4.80 Å². The number of benzene rings is 2. The van der Waals surface area contributed by atoms with Gasteiger partial charge in [0.2, 0.25) is 0 Å². The minimum atomic E-state index is -0.610. The summed E-state index contributed by atoms with van der Waals surface area (Å²) < 4.78 is 13.5. The first kappa shape index (κ1) is 22.2. The number of methoxy groups -OCH3 is 2. The third-order valence-corrected chi connectivity index (χ3v) is 6.72. The van der Waals surface area contributed by atoms with Gasteiger partial charge in [0.05, 0.1) is 36.1 Å². The number of ether oxygens (including phenoxy) is 2. The highest BCUT2D eigenvalue weighted by atomic mass is 79.9. The van der Waals surface area contributed by atoms with Crippen LogP contribution in [0, 0.1) is 0 Å². The summed E-state index contributed by atoms with van der Waals surface area (Å²) in [5.74, 6) is 0.172. The van der Waals surface area contributed by atoms with Crippen molar-refractivity contribution in [2.75, 3.05) is 14.2 Å². The predicted octanol–water partition coefficient (Wildman–Crippen LogP) is 3.57. The van der Waals surface area contributed by atoms with E-state index in [1.807, 2.05) is 55.5 Å². The van der Waals surface area contributed by atoms with E-state index in [4.69, 9.17) is 9.47 Å². The highest BCUT2D eigenvalue weighted by Crippen LogP contribution is 2.31. The van der Waals surface area contributed by atoms with Crippen molar-refractivity contribution < 1.29 is 14.3 Å². The van der Waals surface area contributed by atoms with Gasteiger partial charge >= 0.3 is 5.97 Å². The molecule has 0 saturated heterocycles. The zero-order valence-electron chi connectivity index (χ0n) is 17.8. The van der Waals surface area contributed by atoms with Crippen LogP contribution in [-0.2, 0) is 9.53 Å². The monoisotopic (exact) mass is 512 g/mol. The molecule has 32 heavy (non-hydrogen) atoms. The number of carbonyl (C=O) groups excluding carboxylic acids is 1. The van der Waals surface area contributed by atoms with Crippen molar-refractivity contribution >= 4 is 39.3 Å². The summed E-state index contributed by atoms with van der Waals surface area (Å²) >= 11 is 4.76. The van der Waals surface area contributed by atoms with Crippen molar-refractivity contribution in [2.24, 2.45) is 4.99 Å². The third kappa shape index (κ3) is 3.96. The molecule has 0 saturated carbocycles. The van der Waals surface area contributed by atoms with Crippen LogP contribution in [0.25, 0.3) is 6.08 Å². The van der Waals surface area contributed by atoms with Crippen molar-refractivity contribution in [3.05, 3.63) is 95.1 Å². The molecule has 4 rings (SSSR count). The molecule has 6 nitrogen and oxygen atoms in total. The first-order valence-electron chi connectivity index (χ1n) is 10.00. The van der Waals surface area contributed by atoms with Crippen LogP contribution >= 0.6 is 27.3 Å². The lowest BCUT2D eigenvalue weighted by Gasteiger charge is -2.25. The van der Waals surface area contributed by atoms with Gasteiger partial charge in [-0.05, 0) is 36.3 Å². The highest BCUT2D eigenvalue weighted by Gasteiger charge is 2.33. The van der Waals surface area contributed by atoms with E-state index in [1.165, 1.54) is 18.4 Å². The quantitative estimate of drug-likeness (QED) is 0.490. The number of allylic oxidation sites excluding steroid dienone is 1. The summed E-state index contributed by atoms with van der Waals surface area (Å²) in [4.78, 5) is 31.6. The van der Waals surface area contributed by atoms with E-state index in [9.17, 15) is 9.59 Å². The fourth-order valence-corrected chi connectivity index (χ4v) is 5.16. The van der Waals surface area contributed by atoms with Gasteiger partial charge in [-0.15, -0.1) is 0 Å². The molecule has 2 aromatic carbocycles. The Hall–Kier alpha value is -2.97. The summed E-state index contributed by atoms with van der Waals surface area (Å²) in [7, 11) is 2.93. The standard InChI is InChI=1S/C24H21BrN2O4S/c1-4-17-20(23(29)31-3)21(14-8-6-5-7-9-14)27-22(28)19(32-24(27)26-17)13-15-12-16(25)10-11-18(15)30-2/h5-13,21H,4H2,1-3H3/b19-13+/t21-/m1/s1. The Morgan fingerprint density at radius 3 is 2.62 bits per heavy atom. The Balaban J connectivity index is 2.01. The van der Waals surface area contributed by atoms with Crippen LogP contribution < -0.4 is 19.6 Å². The molecule has 0 fully saturated rings. The lowest BCUT2D eigenvalue weighted by molar-refractivity contribution is -0.136. The van der Waals surface area contributed by atoms with Gasteiger partial charge in [-0.3, -0.25) is 9.36 Å². The second-order valence-electron chi connectivity index (χ2n) is 7.09. The molecule has 1 aliphatic rings. The Morgan fingerprint density at radius 1 is 1.22 bits per heavy atom. The van der Waals surface area contributed by atoms with Crippen molar-refractivity contribution in [1.29, 1.82) is 0 Å². The molecular weight excluding hydrogens is 492 g/mol. The molecule has 3 aromatic rings. The topological polar surface area (TPSA) is 69.9 Å². The van der Waals surface area contributed by atoms with Crippen molar-refractivity contribution in [1.82, 2.24) is 4.57 Å². The van der Waals surface area contributed by atoms with E-state index in [0.717, 1.165) is 15.6 Å². The summed E-state index contributed by atoms with van der Waals surface area (Å²) in [6, 6.07) is 14.5. The molecule has 1 atom stereocenters. The summed E-state index contributed by atoms with van der Waals surface area (Å²) in [6.45, 7) is 1.94. The molecule has 1 aliphatic heterocycles. The minimum Gasteiger partial charge on any atom is -0.496 e. The minimum absolute atomic E-state index is 0.221. The fraction of sp³-hybridized carbons (Fsp3) is 0.208. The average molecular weight is 513 g/mol. The van der Waals surface area contributed by atoms with Gasteiger partial charge in [0.1, 0.15) is 5.75 Å². The van der Waals surface area contributed by atoms with Gasteiger partial charge in [0.25, 0.3) is 5.56 Å². The molecule has 0 spiro atoms.